The molecule has 0 radical (unpaired) electrons. The van der Waals surface area contributed by atoms with Gasteiger partial charge in [-0.1, -0.05) is 5.16 Å². The Bertz CT molecular complexity index is 210. The lowest BCUT2D eigenvalue weighted by Gasteiger charge is -1.91. The summed E-state index contributed by atoms with van der Waals surface area (Å²) in [5, 5.41) is 3.79. The van der Waals surface area contributed by atoms with Crippen molar-refractivity contribution in [1.82, 2.24) is 5.16 Å². The van der Waals surface area contributed by atoms with E-state index in [-0.39, 0.29) is 0 Å². The van der Waals surface area contributed by atoms with Crippen LogP contribution < -0.4 is 0 Å². The van der Waals surface area contributed by atoms with Crippen LogP contribution in [0.15, 0.2) is 10.6 Å². The molecule has 0 saturated carbocycles. The molecule has 0 atom stereocenters. The van der Waals surface area contributed by atoms with Crippen molar-refractivity contribution >= 4 is 11.6 Å². The van der Waals surface area contributed by atoms with Gasteiger partial charge in [-0.2, -0.15) is 0 Å². The van der Waals surface area contributed by atoms with Gasteiger partial charge >= 0.3 is 0 Å². The second kappa shape index (κ2) is 4.39. The van der Waals surface area contributed by atoms with E-state index in [2.05, 4.69) is 5.16 Å². The van der Waals surface area contributed by atoms with Crippen LogP contribution >= 0.6 is 11.6 Å². The van der Waals surface area contributed by atoms with E-state index in [1.165, 1.54) is 0 Å². The molecule has 0 spiro atoms. The number of alkyl halides is 1. The Morgan fingerprint density at radius 2 is 2.36 bits per heavy atom. The molecule has 1 aromatic heterocycles. The fourth-order valence-electron chi connectivity index (χ4n) is 0.928. The quantitative estimate of drug-likeness (QED) is 0.517. The van der Waals surface area contributed by atoms with Crippen LogP contribution in [0.25, 0.3) is 0 Å². The van der Waals surface area contributed by atoms with E-state index in [0.717, 1.165) is 36.6 Å². The van der Waals surface area contributed by atoms with E-state index in [1.54, 1.807) is 0 Å². The van der Waals surface area contributed by atoms with Gasteiger partial charge in [-0.05, 0) is 19.8 Å². The summed E-state index contributed by atoms with van der Waals surface area (Å²) >= 11 is 5.53. The summed E-state index contributed by atoms with van der Waals surface area (Å²) in [7, 11) is 0. The van der Waals surface area contributed by atoms with Crippen molar-refractivity contribution in [3.63, 3.8) is 0 Å². The third kappa shape index (κ3) is 2.93. The van der Waals surface area contributed by atoms with Gasteiger partial charge in [0.25, 0.3) is 0 Å². The molecule has 1 heterocycles. The Kier molecular flexibility index (Phi) is 3.43. The molecule has 0 fully saturated rings. The van der Waals surface area contributed by atoms with Crippen molar-refractivity contribution in [2.75, 3.05) is 5.88 Å². The van der Waals surface area contributed by atoms with Crippen molar-refractivity contribution in [2.45, 2.75) is 26.2 Å². The summed E-state index contributed by atoms with van der Waals surface area (Å²) in [6.07, 6.45) is 3.08. The van der Waals surface area contributed by atoms with Gasteiger partial charge in [-0.15, -0.1) is 11.6 Å². The van der Waals surface area contributed by atoms with Gasteiger partial charge in [-0.3, -0.25) is 0 Å². The molecule has 0 saturated heterocycles. The van der Waals surface area contributed by atoms with Crippen LogP contribution in [0.2, 0.25) is 0 Å². The standard InChI is InChI=1S/C8H12ClNO/c1-7-6-8(11-10-7)4-2-3-5-9/h6H,2-5H2,1H3. The predicted octanol–water partition coefficient (Wildman–Crippen LogP) is 2.54. The summed E-state index contributed by atoms with van der Waals surface area (Å²) in [6, 6.07) is 1.97. The average Bonchev–Trinajstić information content (AvgIpc) is 2.37. The molecule has 1 aromatic rings. The fraction of sp³-hybridized carbons (Fsp3) is 0.625. The first-order valence-corrected chi connectivity index (χ1v) is 4.34. The normalized spacial score (nSPS) is 10.4. The third-order valence-electron chi connectivity index (χ3n) is 1.48. The van der Waals surface area contributed by atoms with Crippen molar-refractivity contribution in [3.05, 3.63) is 17.5 Å². The number of unbranched alkanes of at least 4 members (excludes halogenated alkanes) is 1. The zero-order valence-electron chi connectivity index (χ0n) is 6.64. The smallest absolute Gasteiger partial charge is 0.136 e. The highest BCUT2D eigenvalue weighted by molar-refractivity contribution is 6.17. The van der Waals surface area contributed by atoms with Crippen LogP contribution in [0.4, 0.5) is 0 Å². The van der Waals surface area contributed by atoms with Crippen LogP contribution in [-0.4, -0.2) is 11.0 Å². The highest BCUT2D eigenvalue weighted by Crippen LogP contribution is 2.06. The molecule has 62 valence electrons. The van der Waals surface area contributed by atoms with Crippen molar-refractivity contribution in [2.24, 2.45) is 0 Å². The molecular weight excluding hydrogens is 162 g/mol. The zero-order chi connectivity index (χ0) is 8.10. The van der Waals surface area contributed by atoms with Gasteiger partial charge in [-0.25, -0.2) is 0 Å². The van der Waals surface area contributed by atoms with Crippen LogP contribution in [0, 0.1) is 6.92 Å². The van der Waals surface area contributed by atoms with Crippen molar-refractivity contribution < 1.29 is 4.52 Å². The Morgan fingerprint density at radius 3 is 2.91 bits per heavy atom. The Labute approximate surface area is 71.5 Å². The highest BCUT2D eigenvalue weighted by Gasteiger charge is 1.98. The molecule has 0 unspecified atom stereocenters. The van der Waals surface area contributed by atoms with Crippen LogP contribution in [-0.2, 0) is 6.42 Å². The summed E-state index contributed by atoms with van der Waals surface area (Å²) < 4.78 is 5.02. The van der Waals surface area contributed by atoms with Crippen molar-refractivity contribution in [3.8, 4) is 0 Å². The van der Waals surface area contributed by atoms with E-state index < -0.39 is 0 Å². The van der Waals surface area contributed by atoms with Crippen LogP contribution in [0.3, 0.4) is 0 Å². The molecule has 0 aliphatic heterocycles. The molecular formula is C8H12ClNO. The minimum atomic E-state index is 0.729. The van der Waals surface area contributed by atoms with Crippen LogP contribution in [0.1, 0.15) is 24.3 Å². The largest absolute Gasteiger partial charge is 0.361 e. The lowest BCUT2D eigenvalue weighted by Crippen LogP contribution is -1.82. The molecule has 0 aromatic carbocycles. The van der Waals surface area contributed by atoms with Gasteiger partial charge in [0.05, 0.1) is 5.69 Å². The zero-order valence-corrected chi connectivity index (χ0v) is 7.40. The molecule has 11 heavy (non-hydrogen) atoms. The first-order valence-electron chi connectivity index (χ1n) is 3.81. The maximum atomic E-state index is 5.53. The van der Waals surface area contributed by atoms with E-state index in [1.807, 2.05) is 13.0 Å². The molecule has 0 N–H and O–H groups in total. The third-order valence-corrected chi connectivity index (χ3v) is 1.75. The Balaban J connectivity index is 2.27. The lowest BCUT2D eigenvalue weighted by atomic mass is 10.2. The molecule has 2 nitrogen and oxygen atoms in total. The maximum Gasteiger partial charge on any atom is 0.136 e. The topological polar surface area (TPSA) is 26.0 Å². The first-order chi connectivity index (χ1) is 5.33. The monoisotopic (exact) mass is 173 g/mol. The maximum absolute atomic E-state index is 5.53. The second-order valence-corrected chi connectivity index (χ2v) is 2.96. The molecule has 3 heteroatoms. The van der Waals surface area contributed by atoms with Gasteiger partial charge in [0.1, 0.15) is 5.76 Å². The molecule has 1 rings (SSSR count). The molecule has 0 aliphatic carbocycles. The molecule has 0 amide bonds. The number of aryl methyl sites for hydroxylation is 2. The summed E-state index contributed by atoms with van der Waals surface area (Å²) in [5.41, 5.74) is 0.950. The van der Waals surface area contributed by atoms with E-state index >= 15 is 0 Å². The lowest BCUT2D eigenvalue weighted by molar-refractivity contribution is 0.376. The van der Waals surface area contributed by atoms with Gasteiger partial charge in [0, 0.05) is 18.4 Å². The molecule has 0 aliphatic rings. The van der Waals surface area contributed by atoms with E-state index in [4.69, 9.17) is 16.1 Å². The SMILES string of the molecule is Cc1cc(CCCCCl)on1. The summed E-state index contributed by atoms with van der Waals surface area (Å²) in [5.74, 6) is 1.69. The number of halogens is 1. The van der Waals surface area contributed by atoms with Crippen LogP contribution in [0.5, 0.6) is 0 Å². The summed E-state index contributed by atoms with van der Waals surface area (Å²) in [6.45, 7) is 1.93. The molecule has 0 bridgehead atoms. The minimum Gasteiger partial charge on any atom is -0.361 e. The highest BCUT2D eigenvalue weighted by atomic mass is 35.5. The van der Waals surface area contributed by atoms with E-state index in [0.29, 0.717) is 0 Å². The average molecular weight is 174 g/mol. The fourth-order valence-corrected chi connectivity index (χ4v) is 1.12. The minimum absolute atomic E-state index is 0.729. The van der Waals surface area contributed by atoms with E-state index in [9.17, 15) is 0 Å². The number of rotatable bonds is 4. The van der Waals surface area contributed by atoms with Gasteiger partial charge < -0.3 is 4.52 Å². The number of hydrogen-bond acceptors (Lipinski definition) is 2. The Morgan fingerprint density at radius 1 is 1.55 bits per heavy atom. The van der Waals surface area contributed by atoms with Gasteiger partial charge in [0.15, 0.2) is 0 Å². The van der Waals surface area contributed by atoms with Gasteiger partial charge in [0.2, 0.25) is 0 Å². The number of hydrogen-bond donors (Lipinski definition) is 0. The summed E-state index contributed by atoms with van der Waals surface area (Å²) in [4.78, 5) is 0. The number of nitrogens with zero attached hydrogens (tertiary/aromatic N) is 1. The Hall–Kier alpha value is -0.500. The van der Waals surface area contributed by atoms with Crippen molar-refractivity contribution in [1.29, 1.82) is 0 Å². The number of aromatic nitrogens is 1. The second-order valence-electron chi connectivity index (χ2n) is 2.58. The predicted molar refractivity (Wildman–Crippen MR) is 44.9 cm³/mol. The first kappa shape index (κ1) is 8.60.